The lowest BCUT2D eigenvalue weighted by molar-refractivity contribution is -0.137. The smallest absolute Gasteiger partial charge is 0.246 e. The molecule has 1 heterocycles. The molecule has 2 atom stereocenters. The fourth-order valence-corrected chi connectivity index (χ4v) is 1.81. The van der Waals surface area contributed by atoms with Crippen LogP contribution in [0.4, 0.5) is 0 Å². The normalized spacial score (nSPS) is 21.1. The molecule has 0 saturated carbocycles. The van der Waals surface area contributed by atoms with Crippen LogP contribution in [0.5, 0.6) is 0 Å². The second kappa shape index (κ2) is 8.31. The zero-order chi connectivity index (χ0) is 15.1. The molecule has 1 saturated heterocycles. The highest BCUT2D eigenvalue weighted by atomic mass is 16.5. The number of aliphatic hydroxyl groups excluding tert-OH is 1. The van der Waals surface area contributed by atoms with Gasteiger partial charge < -0.3 is 19.9 Å². The van der Waals surface area contributed by atoms with E-state index in [2.05, 4.69) is 5.32 Å². The summed E-state index contributed by atoms with van der Waals surface area (Å²) < 4.78 is 10.5. The Hall–Kier alpha value is -1.02. The monoisotopic (exact) mass is 288 g/mol. The van der Waals surface area contributed by atoms with Crippen LogP contribution in [0.2, 0.25) is 0 Å². The SMILES string of the molecule is CC(C)OCCOCC(O)CNC1CC(=O)N(C)C1=O. The van der Waals surface area contributed by atoms with Gasteiger partial charge in [0.25, 0.3) is 0 Å². The van der Waals surface area contributed by atoms with Crippen molar-refractivity contribution in [1.29, 1.82) is 0 Å². The van der Waals surface area contributed by atoms with Crippen molar-refractivity contribution in [2.45, 2.75) is 38.5 Å². The number of nitrogens with one attached hydrogen (secondary N) is 1. The first-order chi connectivity index (χ1) is 9.41. The Morgan fingerprint density at radius 3 is 2.65 bits per heavy atom. The fraction of sp³-hybridized carbons (Fsp3) is 0.846. The largest absolute Gasteiger partial charge is 0.389 e. The molecule has 1 rings (SSSR count). The van der Waals surface area contributed by atoms with E-state index in [1.165, 1.54) is 7.05 Å². The van der Waals surface area contributed by atoms with Gasteiger partial charge in [-0.2, -0.15) is 0 Å². The summed E-state index contributed by atoms with van der Waals surface area (Å²) in [4.78, 5) is 24.0. The van der Waals surface area contributed by atoms with Crippen molar-refractivity contribution in [3.05, 3.63) is 0 Å². The molecule has 1 aliphatic heterocycles. The van der Waals surface area contributed by atoms with E-state index in [0.29, 0.717) is 13.2 Å². The van der Waals surface area contributed by atoms with Gasteiger partial charge in [-0.25, -0.2) is 0 Å². The summed E-state index contributed by atoms with van der Waals surface area (Å²) in [5.41, 5.74) is 0. The highest BCUT2D eigenvalue weighted by molar-refractivity contribution is 6.05. The van der Waals surface area contributed by atoms with E-state index in [1.54, 1.807) is 0 Å². The topological polar surface area (TPSA) is 88.1 Å². The number of nitrogens with zero attached hydrogens (tertiary/aromatic N) is 1. The molecule has 0 aromatic heterocycles. The van der Waals surface area contributed by atoms with Gasteiger partial charge in [0, 0.05) is 13.6 Å². The van der Waals surface area contributed by atoms with Crippen LogP contribution >= 0.6 is 0 Å². The summed E-state index contributed by atoms with van der Waals surface area (Å²) in [5.74, 6) is -0.461. The number of likely N-dealkylation sites (N-methyl/N-ethyl adjacent to an activating group) is 1. The molecule has 116 valence electrons. The van der Waals surface area contributed by atoms with Gasteiger partial charge in [0.2, 0.25) is 11.8 Å². The van der Waals surface area contributed by atoms with Gasteiger partial charge in [-0.15, -0.1) is 0 Å². The average Bonchev–Trinajstić information content (AvgIpc) is 2.63. The van der Waals surface area contributed by atoms with E-state index in [0.717, 1.165) is 4.90 Å². The molecule has 2 amide bonds. The number of carbonyl (C=O) groups is 2. The molecule has 2 unspecified atom stereocenters. The Bertz CT molecular complexity index is 335. The molecule has 7 heteroatoms. The van der Waals surface area contributed by atoms with Crippen molar-refractivity contribution >= 4 is 11.8 Å². The van der Waals surface area contributed by atoms with Gasteiger partial charge in [-0.3, -0.25) is 14.5 Å². The summed E-state index contributed by atoms with van der Waals surface area (Å²) in [6.07, 6.45) is -0.415. The lowest BCUT2D eigenvalue weighted by atomic mass is 10.2. The predicted octanol–water partition coefficient (Wildman–Crippen LogP) is -0.864. The number of ether oxygens (including phenoxy) is 2. The van der Waals surface area contributed by atoms with Crippen LogP contribution in [0.1, 0.15) is 20.3 Å². The first-order valence-corrected chi connectivity index (χ1v) is 6.83. The number of amides is 2. The third-order valence-electron chi connectivity index (χ3n) is 2.97. The number of likely N-dealkylation sites (tertiary alicyclic amines) is 1. The molecule has 7 nitrogen and oxygen atoms in total. The van der Waals surface area contributed by atoms with E-state index >= 15 is 0 Å². The van der Waals surface area contributed by atoms with Crippen molar-refractivity contribution in [3.63, 3.8) is 0 Å². The van der Waals surface area contributed by atoms with E-state index in [4.69, 9.17) is 9.47 Å². The van der Waals surface area contributed by atoms with Crippen LogP contribution in [-0.4, -0.2) is 73.5 Å². The standard InChI is InChI=1S/C13H24N2O5/c1-9(2)20-5-4-19-8-10(16)7-14-11-6-12(17)15(3)13(11)18/h9-11,14,16H,4-8H2,1-3H3. The van der Waals surface area contributed by atoms with Crippen LogP contribution in [-0.2, 0) is 19.1 Å². The minimum atomic E-state index is -0.720. The zero-order valence-electron chi connectivity index (χ0n) is 12.3. The molecule has 0 bridgehead atoms. The fourth-order valence-electron chi connectivity index (χ4n) is 1.81. The van der Waals surface area contributed by atoms with Crippen molar-refractivity contribution in [2.75, 3.05) is 33.4 Å². The van der Waals surface area contributed by atoms with E-state index in [9.17, 15) is 14.7 Å². The molecule has 1 aliphatic rings. The maximum Gasteiger partial charge on any atom is 0.246 e. The maximum absolute atomic E-state index is 11.6. The Balaban J connectivity index is 2.10. The van der Waals surface area contributed by atoms with E-state index < -0.39 is 12.1 Å². The maximum atomic E-state index is 11.6. The van der Waals surface area contributed by atoms with Gasteiger partial charge in [-0.1, -0.05) is 0 Å². The lowest BCUT2D eigenvalue weighted by Crippen LogP contribution is -2.42. The summed E-state index contributed by atoms with van der Waals surface area (Å²) in [7, 11) is 1.46. The molecular formula is C13H24N2O5. The van der Waals surface area contributed by atoms with Crippen molar-refractivity contribution in [1.82, 2.24) is 10.2 Å². The first kappa shape index (κ1) is 17.0. The number of hydrogen-bond donors (Lipinski definition) is 2. The molecule has 2 N–H and O–H groups in total. The Labute approximate surface area is 119 Å². The molecule has 0 aromatic rings. The highest BCUT2D eigenvalue weighted by Gasteiger charge is 2.35. The Morgan fingerprint density at radius 2 is 2.10 bits per heavy atom. The number of imide groups is 1. The van der Waals surface area contributed by atoms with Crippen molar-refractivity contribution in [2.24, 2.45) is 0 Å². The van der Waals surface area contributed by atoms with Crippen LogP contribution in [0, 0.1) is 0 Å². The third kappa shape index (κ3) is 5.54. The quantitative estimate of drug-likeness (QED) is 0.424. The number of aliphatic hydroxyl groups is 1. The molecule has 0 aliphatic carbocycles. The lowest BCUT2D eigenvalue weighted by Gasteiger charge is -2.15. The minimum Gasteiger partial charge on any atom is -0.389 e. The second-order valence-corrected chi connectivity index (χ2v) is 5.10. The van der Waals surface area contributed by atoms with Gasteiger partial charge in [0.05, 0.1) is 44.5 Å². The molecule has 0 radical (unpaired) electrons. The van der Waals surface area contributed by atoms with Crippen LogP contribution in [0.25, 0.3) is 0 Å². The second-order valence-electron chi connectivity index (χ2n) is 5.10. The van der Waals surface area contributed by atoms with E-state index in [-0.39, 0.29) is 37.5 Å². The number of rotatable bonds is 9. The molecule has 20 heavy (non-hydrogen) atoms. The summed E-state index contributed by atoms with van der Waals surface area (Å²) in [6.45, 7) is 5.16. The molecular weight excluding hydrogens is 264 g/mol. The molecule has 1 fully saturated rings. The summed E-state index contributed by atoms with van der Waals surface area (Å²) >= 11 is 0. The minimum absolute atomic E-state index is 0.144. The molecule has 0 aromatic carbocycles. The highest BCUT2D eigenvalue weighted by Crippen LogP contribution is 2.10. The molecule has 0 spiro atoms. The predicted molar refractivity (Wildman–Crippen MR) is 72.1 cm³/mol. The third-order valence-corrected chi connectivity index (χ3v) is 2.97. The van der Waals surface area contributed by atoms with Crippen molar-refractivity contribution < 1.29 is 24.2 Å². The van der Waals surface area contributed by atoms with Crippen LogP contribution in [0.15, 0.2) is 0 Å². The number of hydrogen-bond acceptors (Lipinski definition) is 6. The van der Waals surface area contributed by atoms with Crippen LogP contribution in [0.3, 0.4) is 0 Å². The van der Waals surface area contributed by atoms with Gasteiger partial charge in [0.15, 0.2) is 0 Å². The zero-order valence-corrected chi connectivity index (χ0v) is 12.3. The first-order valence-electron chi connectivity index (χ1n) is 6.83. The number of carbonyl (C=O) groups excluding carboxylic acids is 2. The Kier molecular flexibility index (Phi) is 7.08. The van der Waals surface area contributed by atoms with Crippen molar-refractivity contribution in [3.8, 4) is 0 Å². The van der Waals surface area contributed by atoms with E-state index in [1.807, 2.05) is 13.8 Å². The summed E-state index contributed by atoms with van der Waals surface area (Å²) in [6, 6.07) is -0.536. The Morgan fingerprint density at radius 1 is 1.40 bits per heavy atom. The summed E-state index contributed by atoms with van der Waals surface area (Å²) in [5, 5.41) is 12.6. The van der Waals surface area contributed by atoms with Gasteiger partial charge >= 0.3 is 0 Å². The van der Waals surface area contributed by atoms with Gasteiger partial charge in [0.1, 0.15) is 0 Å². The van der Waals surface area contributed by atoms with Gasteiger partial charge in [-0.05, 0) is 13.8 Å². The van der Waals surface area contributed by atoms with Crippen LogP contribution < -0.4 is 5.32 Å². The average molecular weight is 288 g/mol.